The van der Waals surface area contributed by atoms with Crippen LogP contribution in [0.4, 0.5) is 21.5 Å². The van der Waals surface area contributed by atoms with Gasteiger partial charge in [-0.15, -0.1) is 0 Å². The Morgan fingerprint density at radius 1 is 0.884 bits per heavy atom. The Balaban J connectivity index is 1.53. The molecule has 3 aliphatic rings. The maximum absolute atomic E-state index is 14.7. The van der Waals surface area contributed by atoms with Gasteiger partial charge in [-0.3, -0.25) is 24.5 Å². The van der Waals surface area contributed by atoms with Crippen molar-refractivity contribution in [1.82, 2.24) is 0 Å². The lowest BCUT2D eigenvalue weighted by atomic mass is 9.64. The molecule has 1 fully saturated rings. The highest BCUT2D eigenvalue weighted by molar-refractivity contribution is 6.18. The molecule has 0 saturated carbocycles. The molecule has 3 aliphatic heterocycles. The fourth-order valence-corrected chi connectivity index (χ4v) is 7.10. The Morgan fingerprint density at radius 2 is 1.51 bits per heavy atom. The first kappa shape index (κ1) is 26.5. The van der Waals surface area contributed by atoms with Gasteiger partial charge < -0.3 is 10.2 Å². The standard InChI is InChI=1S/C34H24FN3O5/c1-19-18-28-34(25-7-3-4-8-26(25)36-33(34)41)29(31(39)20-10-14-22(35)15-11-20)30(37(28)27-9-5-2-6-24(19)27)32(40)21-12-16-23(17-13-21)38(42)43/h2-18,28-30H,1H3,(H,36,41)/t28-,29-,30+,34-/m0/s1. The average Bonchev–Trinajstić information content (AvgIpc) is 3.49. The fourth-order valence-electron chi connectivity index (χ4n) is 7.10. The van der Waals surface area contributed by atoms with Crippen LogP contribution in [0.1, 0.15) is 38.8 Å². The minimum atomic E-state index is -1.52. The molecule has 0 aromatic heterocycles. The highest BCUT2D eigenvalue weighted by atomic mass is 19.1. The fraction of sp³-hybridized carbons (Fsp3) is 0.147. The van der Waals surface area contributed by atoms with Crippen LogP contribution in [0, 0.1) is 21.8 Å². The van der Waals surface area contributed by atoms with Crippen LogP contribution in [-0.4, -0.2) is 34.5 Å². The van der Waals surface area contributed by atoms with Crippen molar-refractivity contribution in [2.45, 2.75) is 24.4 Å². The second kappa shape index (κ2) is 9.55. The Bertz CT molecular complexity index is 1880. The van der Waals surface area contributed by atoms with E-state index in [9.17, 15) is 28.9 Å². The number of amides is 1. The number of carbonyl (C=O) groups excluding carboxylic acids is 3. The molecule has 8 nitrogen and oxygen atoms in total. The number of para-hydroxylation sites is 2. The van der Waals surface area contributed by atoms with E-state index in [1.807, 2.05) is 42.2 Å². The molecular weight excluding hydrogens is 549 g/mol. The molecule has 4 aromatic carbocycles. The Kier molecular flexibility index (Phi) is 5.88. The molecule has 1 amide bonds. The van der Waals surface area contributed by atoms with Crippen LogP contribution in [0.25, 0.3) is 5.57 Å². The van der Waals surface area contributed by atoms with E-state index in [1.165, 1.54) is 48.5 Å². The number of nitro benzene ring substituents is 1. The molecule has 0 radical (unpaired) electrons. The zero-order chi connectivity index (χ0) is 30.0. The number of benzene rings is 4. The van der Waals surface area contributed by atoms with Crippen LogP contribution in [0.15, 0.2) is 103 Å². The molecule has 3 heterocycles. The summed E-state index contributed by atoms with van der Waals surface area (Å²) >= 11 is 0. The van der Waals surface area contributed by atoms with E-state index in [1.54, 1.807) is 24.3 Å². The van der Waals surface area contributed by atoms with E-state index in [-0.39, 0.29) is 16.8 Å². The summed E-state index contributed by atoms with van der Waals surface area (Å²) in [4.78, 5) is 56.4. The first-order valence-corrected chi connectivity index (χ1v) is 13.8. The number of hydrogen-bond donors (Lipinski definition) is 1. The molecule has 43 heavy (non-hydrogen) atoms. The number of hydrogen-bond acceptors (Lipinski definition) is 6. The number of allylic oxidation sites excluding steroid dienone is 1. The van der Waals surface area contributed by atoms with Gasteiger partial charge in [0.1, 0.15) is 17.3 Å². The third-order valence-corrected chi connectivity index (χ3v) is 8.93. The van der Waals surface area contributed by atoms with Crippen LogP contribution in [-0.2, 0) is 10.2 Å². The van der Waals surface area contributed by atoms with Crippen molar-refractivity contribution in [3.05, 3.63) is 141 Å². The maximum atomic E-state index is 14.7. The van der Waals surface area contributed by atoms with Gasteiger partial charge in [0.2, 0.25) is 5.91 Å². The van der Waals surface area contributed by atoms with Gasteiger partial charge >= 0.3 is 0 Å². The quantitative estimate of drug-likeness (QED) is 0.179. The van der Waals surface area contributed by atoms with Crippen molar-refractivity contribution in [3.8, 4) is 0 Å². The van der Waals surface area contributed by atoms with Crippen LogP contribution < -0.4 is 10.2 Å². The largest absolute Gasteiger partial charge is 0.352 e. The summed E-state index contributed by atoms with van der Waals surface area (Å²) in [6.07, 6.45) is 1.94. The average molecular weight is 574 g/mol. The second-order valence-corrected chi connectivity index (χ2v) is 11.0. The number of nitrogens with zero attached hydrogens (tertiary/aromatic N) is 2. The van der Waals surface area contributed by atoms with E-state index in [0.29, 0.717) is 16.9 Å². The summed E-state index contributed by atoms with van der Waals surface area (Å²) in [7, 11) is 0. The number of non-ortho nitro benzene ring substituents is 1. The summed E-state index contributed by atoms with van der Waals surface area (Å²) in [5.74, 6) is -3.11. The lowest BCUT2D eigenvalue weighted by molar-refractivity contribution is -0.384. The zero-order valence-corrected chi connectivity index (χ0v) is 22.9. The SMILES string of the molecule is CC1=C[C@@H]2N(c3ccccc31)[C@@H](C(=O)c1ccc([N+](=O)[O-])cc1)[C@@H](C(=O)c1ccc(F)cc1)[C@@]21C(=O)Nc2ccccc21. The summed E-state index contributed by atoms with van der Waals surface area (Å²) in [6, 6.07) is 23.1. The van der Waals surface area contributed by atoms with Crippen molar-refractivity contribution in [2.24, 2.45) is 5.92 Å². The third-order valence-electron chi connectivity index (χ3n) is 8.93. The molecule has 0 aliphatic carbocycles. The Morgan fingerprint density at radius 3 is 2.23 bits per heavy atom. The summed E-state index contributed by atoms with van der Waals surface area (Å²) < 4.78 is 14.0. The summed E-state index contributed by atoms with van der Waals surface area (Å²) in [6.45, 7) is 1.94. The van der Waals surface area contributed by atoms with Crippen LogP contribution in [0.3, 0.4) is 0 Å². The Labute approximate surface area is 245 Å². The number of nitro groups is 1. The zero-order valence-electron chi connectivity index (χ0n) is 22.9. The molecule has 9 heteroatoms. The van der Waals surface area contributed by atoms with Gasteiger partial charge in [0.25, 0.3) is 5.69 Å². The molecule has 1 saturated heterocycles. The van der Waals surface area contributed by atoms with Crippen molar-refractivity contribution in [1.29, 1.82) is 0 Å². The number of Topliss-reactive ketones (excluding diaryl/α,β-unsaturated/α-hetero) is 2. The minimum absolute atomic E-state index is 0.165. The van der Waals surface area contributed by atoms with Crippen molar-refractivity contribution < 1.29 is 23.7 Å². The highest BCUT2D eigenvalue weighted by Gasteiger charge is 2.70. The molecule has 212 valence electrons. The monoisotopic (exact) mass is 573 g/mol. The molecule has 4 aromatic rings. The smallest absolute Gasteiger partial charge is 0.269 e. The number of rotatable bonds is 5. The van der Waals surface area contributed by atoms with Crippen molar-refractivity contribution in [3.63, 3.8) is 0 Å². The number of halogens is 1. The maximum Gasteiger partial charge on any atom is 0.269 e. The third kappa shape index (κ3) is 3.71. The number of anilines is 2. The van der Waals surface area contributed by atoms with Gasteiger partial charge in [-0.25, -0.2) is 4.39 Å². The van der Waals surface area contributed by atoms with Crippen molar-refractivity contribution >= 4 is 40.1 Å². The molecule has 4 atom stereocenters. The molecule has 0 bridgehead atoms. The number of ketones is 2. The molecule has 0 unspecified atom stereocenters. The lowest BCUT2D eigenvalue weighted by Gasteiger charge is -2.39. The first-order valence-electron chi connectivity index (χ1n) is 13.8. The lowest BCUT2D eigenvalue weighted by Crippen LogP contribution is -2.51. The predicted octanol–water partition coefficient (Wildman–Crippen LogP) is 5.98. The number of nitrogens with one attached hydrogen (secondary N) is 1. The van der Waals surface area contributed by atoms with Gasteiger partial charge in [-0.05, 0) is 66.6 Å². The van der Waals surface area contributed by atoms with E-state index in [4.69, 9.17) is 0 Å². The van der Waals surface area contributed by atoms with E-state index in [2.05, 4.69) is 5.32 Å². The summed E-state index contributed by atoms with van der Waals surface area (Å²) in [5.41, 5.74) is 2.23. The molecular formula is C34H24FN3O5. The Hall–Kier alpha value is -5.44. The number of fused-ring (bicyclic) bond motifs is 6. The van der Waals surface area contributed by atoms with Gasteiger partial charge in [0.05, 0.1) is 16.9 Å². The minimum Gasteiger partial charge on any atom is -0.352 e. The predicted molar refractivity (Wildman–Crippen MR) is 159 cm³/mol. The van der Waals surface area contributed by atoms with Gasteiger partial charge in [-0.2, -0.15) is 0 Å². The van der Waals surface area contributed by atoms with Crippen molar-refractivity contribution in [2.75, 3.05) is 10.2 Å². The molecule has 1 spiro atoms. The van der Waals surface area contributed by atoms with Crippen LogP contribution in [0.2, 0.25) is 0 Å². The number of carbonyl (C=O) groups is 3. The van der Waals surface area contributed by atoms with E-state index in [0.717, 1.165) is 11.1 Å². The molecule has 7 rings (SSSR count). The van der Waals surface area contributed by atoms with E-state index >= 15 is 0 Å². The van der Waals surface area contributed by atoms with Crippen LogP contribution in [0.5, 0.6) is 0 Å². The second-order valence-electron chi connectivity index (χ2n) is 11.0. The van der Waals surface area contributed by atoms with Gasteiger partial charge in [0.15, 0.2) is 11.6 Å². The van der Waals surface area contributed by atoms with Gasteiger partial charge in [0, 0.05) is 40.2 Å². The normalized spacial score (nSPS) is 23.2. The topological polar surface area (TPSA) is 110 Å². The molecule has 1 N–H and O–H groups in total. The first-order chi connectivity index (χ1) is 20.7. The van der Waals surface area contributed by atoms with E-state index < -0.39 is 51.6 Å². The van der Waals surface area contributed by atoms with Gasteiger partial charge in [-0.1, -0.05) is 42.5 Å². The highest BCUT2D eigenvalue weighted by Crippen LogP contribution is 2.58. The summed E-state index contributed by atoms with van der Waals surface area (Å²) in [5, 5.41) is 14.3. The van der Waals surface area contributed by atoms with Crippen LogP contribution >= 0.6 is 0 Å².